The number of aryl methyl sites for hydroxylation is 1. The molecule has 2 aromatic rings. The Bertz CT molecular complexity index is 666. The number of benzene rings is 2. The number of hydrogen-bond donors (Lipinski definition) is 3. The SMILES string of the molecule is COC(=O)NC(=N)c1ccc(NCc2ccccc2C)cc1. The van der Waals surface area contributed by atoms with E-state index < -0.39 is 6.09 Å². The van der Waals surface area contributed by atoms with Crippen molar-refractivity contribution >= 4 is 17.6 Å². The van der Waals surface area contributed by atoms with E-state index in [0.717, 1.165) is 12.2 Å². The summed E-state index contributed by atoms with van der Waals surface area (Å²) in [6.07, 6.45) is -0.647. The summed E-state index contributed by atoms with van der Waals surface area (Å²) < 4.78 is 4.46. The first-order valence-electron chi connectivity index (χ1n) is 6.92. The predicted octanol–water partition coefficient (Wildman–Crippen LogP) is 3.29. The Balaban J connectivity index is 1.96. The van der Waals surface area contributed by atoms with Gasteiger partial charge >= 0.3 is 6.09 Å². The second kappa shape index (κ2) is 7.26. The van der Waals surface area contributed by atoms with Crippen LogP contribution in [0.3, 0.4) is 0 Å². The van der Waals surface area contributed by atoms with Crippen LogP contribution in [-0.2, 0) is 11.3 Å². The maximum atomic E-state index is 11.1. The highest BCUT2D eigenvalue weighted by Gasteiger charge is 2.06. The molecule has 0 heterocycles. The number of amidine groups is 1. The van der Waals surface area contributed by atoms with Gasteiger partial charge in [0.15, 0.2) is 0 Å². The van der Waals surface area contributed by atoms with E-state index in [1.807, 2.05) is 24.3 Å². The Labute approximate surface area is 129 Å². The first kappa shape index (κ1) is 15.6. The lowest BCUT2D eigenvalue weighted by atomic mass is 10.1. The van der Waals surface area contributed by atoms with Crippen molar-refractivity contribution in [3.8, 4) is 0 Å². The topological polar surface area (TPSA) is 74.2 Å². The third kappa shape index (κ3) is 4.09. The number of alkyl carbamates (subject to hydrolysis) is 1. The molecule has 0 radical (unpaired) electrons. The summed E-state index contributed by atoms with van der Waals surface area (Å²) in [7, 11) is 1.27. The van der Waals surface area contributed by atoms with Crippen LogP contribution in [0, 0.1) is 12.3 Å². The van der Waals surface area contributed by atoms with E-state index in [4.69, 9.17) is 5.41 Å². The molecule has 5 heteroatoms. The van der Waals surface area contributed by atoms with Crippen LogP contribution in [-0.4, -0.2) is 19.0 Å². The van der Waals surface area contributed by atoms with Gasteiger partial charge in [0.1, 0.15) is 5.84 Å². The molecule has 1 amide bonds. The Morgan fingerprint density at radius 1 is 1.14 bits per heavy atom. The van der Waals surface area contributed by atoms with Crippen molar-refractivity contribution in [3.05, 3.63) is 65.2 Å². The summed E-state index contributed by atoms with van der Waals surface area (Å²) in [5, 5.41) is 13.4. The number of carbonyl (C=O) groups excluding carboxylic acids is 1. The first-order chi connectivity index (χ1) is 10.6. The summed E-state index contributed by atoms with van der Waals surface area (Å²) in [5.41, 5.74) is 4.06. The van der Waals surface area contributed by atoms with Gasteiger partial charge in [-0.15, -0.1) is 0 Å². The number of amides is 1. The standard InChI is InChI=1S/C17H19N3O2/c1-12-5-3-4-6-14(12)11-19-15-9-7-13(8-10-15)16(18)20-17(21)22-2/h3-10,19H,11H2,1-2H3,(H2,18,20,21). The van der Waals surface area contributed by atoms with Gasteiger partial charge in [-0.1, -0.05) is 24.3 Å². The number of methoxy groups -OCH3 is 1. The second-order valence-corrected chi connectivity index (χ2v) is 4.85. The van der Waals surface area contributed by atoms with Gasteiger partial charge in [-0.2, -0.15) is 0 Å². The highest BCUT2D eigenvalue weighted by molar-refractivity contribution is 6.04. The van der Waals surface area contributed by atoms with Crippen LogP contribution >= 0.6 is 0 Å². The van der Waals surface area contributed by atoms with Crippen molar-refractivity contribution < 1.29 is 9.53 Å². The number of rotatable bonds is 4. The van der Waals surface area contributed by atoms with E-state index in [2.05, 4.69) is 34.4 Å². The summed E-state index contributed by atoms with van der Waals surface area (Å²) in [4.78, 5) is 11.1. The van der Waals surface area contributed by atoms with Crippen molar-refractivity contribution in [1.82, 2.24) is 5.32 Å². The van der Waals surface area contributed by atoms with Crippen molar-refractivity contribution in [3.63, 3.8) is 0 Å². The van der Waals surface area contributed by atoms with Crippen molar-refractivity contribution in [2.45, 2.75) is 13.5 Å². The fraction of sp³-hybridized carbons (Fsp3) is 0.176. The molecule has 0 aliphatic rings. The van der Waals surface area contributed by atoms with Gasteiger partial charge in [0.05, 0.1) is 7.11 Å². The van der Waals surface area contributed by atoms with Gasteiger partial charge < -0.3 is 10.1 Å². The molecule has 0 saturated carbocycles. The van der Waals surface area contributed by atoms with E-state index in [0.29, 0.717) is 5.56 Å². The molecule has 114 valence electrons. The molecule has 0 aliphatic carbocycles. The molecule has 2 aromatic carbocycles. The smallest absolute Gasteiger partial charge is 0.412 e. The van der Waals surface area contributed by atoms with Gasteiger partial charge in [-0.25, -0.2) is 4.79 Å². The molecule has 0 unspecified atom stereocenters. The molecule has 0 fully saturated rings. The molecule has 0 bridgehead atoms. The van der Waals surface area contributed by atoms with Crippen LogP contribution in [0.15, 0.2) is 48.5 Å². The number of carbonyl (C=O) groups is 1. The highest BCUT2D eigenvalue weighted by atomic mass is 16.5. The maximum absolute atomic E-state index is 11.1. The van der Waals surface area contributed by atoms with E-state index >= 15 is 0 Å². The Kier molecular flexibility index (Phi) is 5.14. The predicted molar refractivity (Wildman–Crippen MR) is 87.3 cm³/mol. The lowest BCUT2D eigenvalue weighted by Gasteiger charge is -2.10. The van der Waals surface area contributed by atoms with Crippen molar-refractivity contribution in [2.24, 2.45) is 0 Å². The lowest BCUT2D eigenvalue weighted by molar-refractivity contribution is 0.177. The molecule has 0 aliphatic heterocycles. The number of ether oxygens (including phenoxy) is 1. The molecular weight excluding hydrogens is 278 g/mol. The van der Waals surface area contributed by atoms with E-state index in [1.165, 1.54) is 18.2 Å². The molecule has 0 saturated heterocycles. The van der Waals surface area contributed by atoms with E-state index in [-0.39, 0.29) is 5.84 Å². The van der Waals surface area contributed by atoms with Gasteiger partial charge in [0, 0.05) is 17.8 Å². The molecular formula is C17H19N3O2. The van der Waals surface area contributed by atoms with E-state index in [9.17, 15) is 4.79 Å². The summed E-state index contributed by atoms with van der Waals surface area (Å²) in [6, 6.07) is 15.5. The van der Waals surface area contributed by atoms with E-state index in [1.54, 1.807) is 12.1 Å². The van der Waals surface area contributed by atoms with Crippen LogP contribution in [0.1, 0.15) is 16.7 Å². The zero-order valence-corrected chi connectivity index (χ0v) is 12.6. The summed E-state index contributed by atoms with van der Waals surface area (Å²) in [6.45, 7) is 2.82. The minimum Gasteiger partial charge on any atom is -0.453 e. The van der Waals surface area contributed by atoms with Crippen molar-refractivity contribution in [1.29, 1.82) is 5.41 Å². The zero-order valence-electron chi connectivity index (χ0n) is 12.6. The summed E-state index contributed by atoms with van der Waals surface area (Å²) >= 11 is 0. The lowest BCUT2D eigenvalue weighted by Crippen LogP contribution is -2.30. The van der Waals surface area contributed by atoms with Crippen molar-refractivity contribution in [2.75, 3.05) is 12.4 Å². The second-order valence-electron chi connectivity index (χ2n) is 4.85. The summed E-state index contributed by atoms with van der Waals surface area (Å²) in [5.74, 6) is 0.0114. The quantitative estimate of drug-likeness (QED) is 0.599. The third-order valence-corrected chi connectivity index (χ3v) is 3.33. The Hall–Kier alpha value is -2.82. The highest BCUT2D eigenvalue weighted by Crippen LogP contribution is 2.13. The number of anilines is 1. The molecule has 0 aromatic heterocycles. The molecule has 2 rings (SSSR count). The molecule has 5 nitrogen and oxygen atoms in total. The number of hydrogen-bond acceptors (Lipinski definition) is 4. The van der Waals surface area contributed by atoms with Gasteiger partial charge in [0.2, 0.25) is 0 Å². The van der Waals surface area contributed by atoms with Crippen LogP contribution in [0.25, 0.3) is 0 Å². The minimum absolute atomic E-state index is 0.0114. The van der Waals surface area contributed by atoms with Gasteiger partial charge in [-0.3, -0.25) is 10.7 Å². The Morgan fingerprint density at radius 3 is 2.45 bits per heavy atom. The average molecular weight is 297 g/mol. The fourth-order valence-corrected chi connectivity index (χ4v) is 1.99. The minimum atomic E-state index is -0.647. The molecule has 0 atom stereocenters. The maximum Gasteiger partial charge on any atom is 0.412 e. The van der Waals surface area contributed by atoms with Gasteiger partial charge in [-0.05, 0) is 42.3 Å². The largest absolute Gasteiger partial charge is 0.453 e. The van der Waals surface area contributed by atoms with Crippen LogP contribution in [0.5, 0.6) is 0 Å². The van der Waals surface area contributed by atoms with Gasteiger partial charge in [0.25, 0.3) is 0 Å². The number of nitrogens with one attached hydrogen (secondary N) is 3. The van der Waals surface area contributed by atoms with Crippen LogP contribution < -0.4 is 10.6 Å². The Morgan fingerprint density at radius 2 is 1.82 bits per heavy atom. The molecule has 3 N–H and O–H groups in total. The van der Waals surface area contributed by atoms with Crippen LogP contribution in [0.2, 0.25) is 0 Å². The monoisotopic (exact) mass is 297 g/mol. The zero-order chi connectivity index (χ0) is 15.9. The normalized spacial score (nSPS) is 9.91. The first-order valence-corrected chi connectivity index (χ1v) is 6.92. The fourth-order valence-electron chi connectivity index (χ4n) is 1.99. The van der Waals surface area contributed by atoms with Crippen LogP contribution in [0.4, 0.5) is 10.5 Å². The molecule has 22 heavy (non-hydrogen) atoms. The molecule has 0 spiro atoms. The third-order valence-electron chi connectivity index (χ3n) is 3.33. The average Bonchev–Trinajstić information content (AvgIpc) is 2.54.